The molecule has 0 saturated heterocycles. The maximum Gasteiger partial charge on any atom is 0.343 e. The summed E-state index contributed by atoms with van der Waals surface area (Å²) in [4.78, 5) is 17.1. The summed E-state index contributed by atoms with van der Waals surface area (Å²) in [7, 11) is 0. The van der Waals surface area contributed by atoms with Crippen molar-refractivity contribution >= 4 is 40.2 Å². The summed E-state index contributed by atoms with van der Waals surface area (Å²) in [6.07, 6.45) is 1.74. The Balaban J connectivity index is 1.74. The monoisotopic (exact) mass is 385 g/mol. The Morgan fingerprint density at radius 1 is 0.821 bits per heavy atom. The maximum atomic E-state index is 12.6. The van der Waals surface area contributed by atoms with E-state index in [1.54, 1.807) is 36.5 Å². The van der Waals surface area contributed by atoms with Crippen LogP contribution in [0.15, 0.2) is 96.0 Å². The molecule has 0 amide bonds. The van der Waals surface area contributed by atoms with E-state index in [9.17, 15) is 4.79 Å². The van der Waals surface area contributed by atoms with Crippen LogP contribution >= 0.6 is 11.6 Å². The minimum absolute atomic E-state index is 0.434. The second kappa shape index (κ2) is 8.07. The average Bonchev–Trinajstić information content (AvgIpc) is 2.74. The summed E-state index contributed by atoms with van der Waals surface area (Å²) < 4.78 is 5.69. The molecular formula is C24H16ClNO2. The van der Waals surface area contributed by atoms with E-state index in [1.165, 1.54) is 0 Å². The molecule has 0 bridgehead atoms. The lowest BCUT2D eigenvalue weighted by Gasteiger charge is -2.10. The van der Waals surface area contributed by atoms with E-state index in [4.69, 9.17) is 16.3 Å². The van der Waals surface area contributed by atoms with Gasteiger partial charge in [0.05, 0.1) is 11.3 Å². The standard InChI is InChI=1S/C24H16ClNO2/c25-19-13-10-18(11-14-19)24(27)28-23-15-12-17-6-4-5-9-21(17)22(23)16-26-20-7-2-1-3-8-20/h1-16H. The molecule has 0 aromatic heterocycles. The first-order chi connectivity index (χ1) is 13.7. The third-order valence-corrected chi connectivity index (χ3v) is 4.56. The normalized spacial score (nSPS) is 11.0. The molecule has 0 aliphatic carbocycles. The number of nitrogens with zero attached hydrogens (tertiary/aromatic N) is 1. The van der Waals surface area contributed by atoms with E-state index in [0.717, 1.165) is 22.0 Å². The molecular weight excluding hydrogens is 370 g/mol. The Labute approximate surface area is 167 Å². The van der Waals surface area contributed by atoms with Crippen LogP contribution in [0.3, 0.4) is 0 Å². The van der Waals surface area contributed by atoms with Crippen molar-refractivity contribution in [3.8, 4) is 5.75 Å². The molecule has 0 unspecified atom stereocenters. The van der Waals surface area contributed by atoms with Gasteiger partial charge < -0.3 is 4.74 Å². The van der Waals surface area contributed by atoms with Crippen molar-refractivity contribution in [2.24, 2.45) is 4.99 Å². The molecule has 4 aromatic rings. The molecule has 3 nitrogen and oxygen atoms in total. The van der Waals surface area contributed by atoms with E-state index in [0.29, 0.717) is 16.3 Å². The predicted molar refractivity (Wildman–Crippen MR) is 114 cm³/mol. The molecule has 0 spiro atoms. The van der Waals surface area contributed by atoms with Crippen LogP contribution in [0.5, 0.6) is 5.75 Å². The summed E-state index contributed by atoms with van der Waals surface area (Å²) in [5, 5.41) is 2.57. The number of fused-ring (bicyclic) bond motifs is 1. The smallest absolute Gasteiger partial charge is 0.343 e. The highest BCUT2D eigenvalue weighted by Crippen LogP contribution is 2.28. The maximum absolute atomic E-state index is 12.6. The zero-order valence-electron chi connectivity index (χ0n) is 14.9. The molecule has 0 aliphatic rings. The quantitative estimate of drug-likeness (QED) is 0.229. The van der Waals surface area contributed by atoms with Gasteiger partial charge in [-0.05, 0) is 53.2 Å². The van der Waals surface area contributed by atoms with Crippen molar-refractivity contribution in [2.75, 3.05) is 0 Å². The van der Waals surface area contributed by atoms with Gasteiger partial charge in [-0.15, -0.1) is 0 Å². The van der Waals surface area contributed by atoms with Gasteiger partial charge in [-0.2, -0.15) is 0 Å². The van der Waals surface area contributed by atoms with Gasteiger partial charge in [0.15, 0.2) is 0 Å². The summed E-state index contributed by atoms with van der Waals surface area (Å²) in [6, 6.07) is 27.9. The van der Waals surface area contributed by atoms with Crippen molar-refractivity contribution in [3.05, 3.63) is 107 Å². The molecule has 28 heavy (non-hydrogen) atoms. The summed E-state index contributed by atoms with van der Waals surface area (Å²) >= 11 is 5.90. The van der Waals surface area contributed by atoms with Crippen LogP contribution in [0.1, 0.15) is 15.9 Å². The molecule has 0 aliphatic heterocycles. The van der Waals surface area contributed by atoms with Crippen LogP contribution in [-0.4, -0.2) is 12.2 Å². The fraction of sp³-hybridized carbons (Fsp3) is 0. The van der Waals surface area contributed by atoms with Crippen LogP contribution in [0.2, 0.25) is 5.02 Å². The van der Waals surface area contributed by atoms with Crippen molar-refractivity contribution in [1.82, 2.24) is 0 Å². The molecule has 136 valence electrons. The fourth-order valence-electron chi connectivity index (χ4n) is 2.90. The number of esters is 1. The van der Waals surface area contributed by atoms with Gasteiger partial charge in [-0.25, -0.2) is 4.79 Å². The van der Waals surface area contributed by atoms with E-state index in [2.05, 4.69) is 4.99 Å². The third kappa shape index (κ3) is 3.95. The van der Waals surface area contributed by atoms with Gasteiger partial charge in [0.2, 0.25) is 0 Å². The molecule has 4 aromatic carbocycles. The molecule has 0 atom stereocenters. The van der Waals surface area contributed by atoms with Crippen LogP contribution in [0, 0.1) is 0 Å². The lowest BCUT2D eigenvalue weighted by Crippen LogP contribution is -2.09. The molecule has 0 heterocycles. The number of aliphatic imine (C=N–C) groups is 1. The number of ether oxygens (including phenoxy) is 1. The first-order valence-electron chi connectivity index (χ1n) is 8.79. The highest BCUT2D eigenvalue weighted by molar-refractivity contribution is 6.30. The molecule has 4 heteroatoms. The van der Waals surface area contributed by atoms with E-state index >= 15 is 0 Å². The van der Waals surface area contributed by atoms with Crippen LogP contribution < -0.4 is 4.74 Å². The molecule has 0 radical (unpaired) electrons. The Hall–Kier alpha value is -3.43. The van der Waals surface area contributed by atoms with Gasteiger partial charge in [-0.1, -0.05) is 60.1 Å². The Morgan fingerprint density at radius 2 is 1.54 bits per heavy atom. The van der Waals surface area contributed by atoms with Crippen LogP contribution in [0.25, 0.3) is 10.8 Å². The first kappa shape index (κ1) is 18.0. The largest absolute Gasteiger partial charge is 0.422 e. The SMILES string of the molecule is O=C(Oc1ccc2ccccc2c1C=Nc1ccccc1)c1ccc(Cl)cc1. The first-order valence-corrected chi connectivity index (χ1v) is 9.17. The van der Waals surface area contributed by atoms with Crippen molar-refractivity contribution in [1.29, 1.82) is 0 Å². The number of benzene rings is 4. The van der Waals surface area contributed by atoms with Gasteiger partial charge in [0.1, 0.15) is 5.75 Å². The molecule has 0 saturated carbocycles. The predicted octanol–water partition coefficient (Wildman–Crippen LogP) is 6.46. The fourth-order valence-corrected chi connectivity index (χ4v) is 3.02. The van der Waals surface area contributed by atoms with Crippen LogP contribution in [-0.2, 0) is 0 Å². The number of carbonyl (C=O) groups excluding carboxylic acids is 1. The highest BCUT2D eigenvalue weighted by atomic mass is 35.5. The second-order valence-corrected chi connectivity index (χ2v) is 6.63. The average molecular weight is 386 g/mol. The molecule has 4 rings (SSSR count). The lowest BCUT2D eigenvalue weighted by molar-refractivity contribution is 0.0735. The van der Waals surface area contributed by atoms with Crippen molar-refractivity contribution in [2.45, 2.75) is 0 Å². The Bertz CT molecular complexity index is 1150. The number of carbonyl (C=O) groups is 1. The van der Waals surface area contributed by atoms with E-state index < -0.39 is 5.97 Å². The third-order valence-electron chi connectivity index (χ3n) is 4.31. The zero-order valence-corrected chi connectivity index (χ0v) is 15.6. The summed E-state index contributed by atoms with van der Waals surface area (Å²) in [6.45, 7) is 0. The van der Waals surface area contributed by atoms with Gasteiger partial charge >= 0.3 is 5.97 Å². The van der Waals surface area contributed by atoms with E-state index in [-0.39, 0.29) is 0 Å². The number of para-hydroxylation sites is 1. The number of hydrogen-bond donors (Lipinski definition) is 0. The molecule has 0 N–H and O–H groups in total. The van der Waals surface area contributed by atoms with E-state index in [1.807, 2.05) is 60.7 Å². The minimum Gasteiger partial charge on any atom is -0.422 e. The second-order valence-electron chi connectivity index (χ2n) is 6.19. The number of rotatable bonds is 4. The van der Waals surface area contributed by atoms with Gasteiger partial charge in [0.25, 0.3) is 0 Å². The minimum atomic E-state index is -0.443. The Morgan fingerprint density at radius 3 is 2.32 bits per heavy atom. The number of halogens is 1. The van der Waals surface area contributed by atoms with Gasteiger partial charge in [-0.3, -0.25) is 4.99 Å². The summed E-state index contributed by atoms with van der Waals surface area (Å²) in [5.74, 6) is 0.0136. The lowest BCUT2D eigenvalue weighted by atomic mass is 10.0. The Kier molecular flexibility index (Phi) is 5.18. The zero-order chi connectivity index (χ0) is 19.3. The van der Waals surface area contributed by atoms with Gasteiger partial charge in [0, 0.05) is 16.8 Å². The molecule has 0 fully saturated rings. The highest BCUT2D eigenvalue weighted by Gasteiger charge is 2.13. The summed E-state index contributed by atoms with van der Waals surface area (Å²) in [5.41, 5.74) is 2.01. The topological polar surface area (TPSA) is 38.7 Å². The number of hydrogen-bond acceptors (Lipinski definition) is 3. The van der Waals surface area contributed by atoms with Crippen LogP contribution in [0.4, 0.5) is 5.69 Å². The van der Waals surface area contributed by atoms with Crippen molar-refractivity contribution < 1.29 is 9.53 Å². The van der Waals surface area contributed by atoms with Crippen molar-refractivity contribution in [3.63, 3.8) is 0 Å².